The average molecular weight is 203 g/mol. The molecule has 1 aliphatic carbocycles. The first-order valence-corrected chi connectivity index (χ1v) is 5.59. The molecule has 15 heavy (non-hydrogen) atoms. The van der Waals surface area contributed by atoms with Gasteiger partial charge in [0.1, 0.15) is 0 Å². The van der Waals surface area contributed by atoms with E-state index in [1.165, 1.54) is 5.56 Å². The Balaban J connectivity index is 2.18. The largest absolute Gasteiger partial charge is 0.359 e. The summed E-state index contributed by atoms with van der Waals surface area (Å²) in [4.78, 5) is 11.7. The average Bonchev–Trinajstić information content (AvgIpc) is 2.78. The van der Waals surface area contributed by atoms with E-state index >= 15 is 0 Å². The Morgan fingerprint density at radius 3 is 2.67 bits per heavy atom. The van der Waals surface area contributed by atoms with E-state index < -0.39 is 0 Å². The van der Waals surface area contributed by atoms with E-state index in [9.17, 15) is 4.79 Å². The van der Waals surface area contributed by atoms with Crippen LogP contribution >= 0.6 is 0 Å². The zero-order valence-corrected chi connectivity index (χ0v) is 9.07. The number of rotatable bonds is 2. The second kappa shape index (κ2) is 4.47. The molecule has 1 aliphatic rings. The highest BCUT2D eigenvalue weighted by Gasteiger charge is 2.33. The molecule has 2 heteroatoms. The number of hydrogen-bond acceptors (Lipinski definition) is 1. The van der Waals surface area contributed by atoms with Crippen LogP contribution in [0.3, 0.4) is 0 Å². The third kappa shape index (κ3) is 2.04. The molecule has 1 fully saturated rings. The SMILES string of the molecule is CNC(=O)[C@@H]1CCC[C@H]1c1ccccc1. The second-order valence-electron chi connectivity index (χ2n) is 4.17. The van der Waals surface area contributed by atoms with Crippen LogP contribution in [-0.4, -0.2) is 13.0 Å². The molecule has 80 valence electrons. The van der Waals surface area contributed by atoms with Crippen molar-refractivity contribution in [1.82, 2.24) is 5.32 Å². The molecule has 2 nitrogen and oxygen atoms in total. The summed E-state index contributed by atoms with van der Waals surface area (Å²) in [5, 5.41) is 2.77. The molecular weight excluding hydrogens is 186 g/mol. The lowest BCUT2D eigenvalue weighted by Gasteiger charge is -2.18. The highest BCUT2D eigenvalue weighted by molar-refractivity contribution is 5.79. The van der Waals surface area contributed by atoms with Crippen molar-refractivity contribution in [1.29, 1.82) is 0 Å². The molecule has 0 aromatic heterocycles. The minimum Gasteiger partial charge on any atom is -0.359 e. The molecular formula is C13H17NO. The molecule has 1 aromatic carbocycles. The fraction of sp³-hybridized carbons (Fsp3) is 0.462. The number of nitrogens with one attached hydrogen (secondary N) is 1. The van der Waals surface area contributed by atoms with E-state index in [1.807, 2.05) is 6.07 Å². The lowest BCUT2D eigenvalue weighted by molar-refractivity contribution is -0.124. The van der Waals surface area contributed by atoms with Gasteiger partial charge in [0.05, 0.1) is 0 Å². The third-order valence-corrected chi connectivity index (χ3v) is 3.33. The molecule has 1 aromatic rings. The Morgan fingerprint density at radius 2 is 2.00 bits per heavy atom. The molecule has 1 N–H and O–H groups in total. The molecule has 0 bridgehead atoms. The fourth-order valence-corrected chi connectivity index (χ4v) is 2.56. The summed E-state index contributed by atoms with van der Waals surface area (Å²) in [5.41, 5.74) is 1.31. The van der Waals surface area contributed by atoms with Crippen molar-refractivity contribution in [3.05, 3.63) is 35.9 Å². The molecule has 0 heterocycles. The summed E-state index contributed by atoms with van der Waals surface area (Å²) in [6.45, 7) is 0. The normalized spacial score (nSPS) is 25.1. The maximum absolute atomic E-state index is 11.7. The smallest absolute Gasteiger partial charge is 0.223 e. The predicted molar refractivity (Wildman–Crippen MR) is 60.6 cm³/mol. The van der Waals surface area contributed by atoms with Crippen LogP contribution in [-0.2, 0) is 4.79 Å². The monoisotopic (exact) mass is 203 g/mol. The number of carbonyl (C=O) groups is 1. The lowest BCUT2D eigenvalue weighted by Crippen LogP contribution is -2.28. The maximum Gasteiger partial charge on any atom is 0.223 e. The van der Waals surface area contributed by atoms with E-state index in [-0.39, 0.29) is 11.8 Å². The van der Waals surface area contributed by atoms with Gasteiger partial charge >= 0.3 is 0 Å². The fourth-order valence-electron chi connectivity index (χ4n) is 2.56. The predicted octanol–water partition coefficient (Wildman–Crippen LogP) is 2.32. The van der Waals surface area contributed by atoms with Crippen molar-refractivity contribution in [3.63, 3.8) is 0 Å². The summed E-state index contributed by atoms with van der Waals surface area (Å²) >= 11 is 0. The first-order chi connectivity index (χ1) is 7.33. The van der Waals surface area contributed by atoms with Gasteiger partial charge in [-0.05, 0) is 24.3 Å². The van der Waals surface area contributed by atoms with Gasteiger partial charge in [-0.15, -0.1) is 0 Å². The molecule has 0 radical (unpaired) electrons. The first-order valence-electron chi connectivity index (χ1n) is 5.59. The molecule has 0 saturated heterocycles. The van der Waals surface area contributed by atoms with E-state index in [0.29, 0.717) is 5.92 Å². The summed E-state index contributed by atoms with van der Waals surface area (Å²) in [6.07, 6.45) is 3.33. The zero-order chi connectivity index (χ0) is 10.7. The van der Waals surface area contributed by atoms with Crippen LogP contribution < -0.4 is 5.32 Å². The van der Waals surface area contributed by atoms with Crippen LogP contribution in [0.2, 0.25) is 0 Å². The second-order valence-corrected chi connectivity index (χ2v) is 4.17. The third-order valence-electron chi connectivity index (χ3n) is 3.33. The lowest BCUT2D eigenvalue weighted by atomic mass is 9.88. The Hall–Kier alpha value is -1.31. The molecule has 2 atom stereocenters. The molecule has 0 unspecified atom stereocenters. The summed E-state index contributed by atoms with van der Waals surface area (Å²) in [7, 11) is 1.72. The Morgan fingerprint density at radius 1 is 1.27 bits per heavy atom. The van der Waals surface area contributed by atoms with Gasteiger partial charge in [-0.2, -0.15) is 0 Å². The van der Waals surface area contributed by atoms with Crippen molar-refractivity contribution < 1.29 is 4.79 Å². The van der Waals surface area contributed by atoms with E-state index in [1.54, 1.807) is 7.05 Å². The van der Waals surface area contributed by atoms with Gasteiger partial charge in [0.2, 0.25) is 5.91 Å². The van der Waals surface area contributed by atoms with Crippen molar-refractivity contribution in [2.75, 3.05) is 7.05 Å². The van der Waals surface area contributed by atoms with Crippen LogP contribution in [0.5, 0.6) is 0 Å². The van der Waals surface area contributed by atoms with Crippen molar-refractivity contribution in [3.8, 4) is 0 Å². The van der Waals surface area contributed by atoms with Gasteiger partial charge in [-0.1, -0.05) is 36.8 Å². The Kier molecular flexibility index (Phi) is 3.05. The number of carbonyl (C=O) groups excluding carboxylic acids is 1. The van der Waals surface area contributed by atoms with Crippen LogP contribution in [0.4, 0.5) is 0 Å². The molecule has 0 aliphatic heterocycles. The quantitative estimate of drug-likeness (QED) is 0.785. The van der Waals surface area contributed by atoms with Crippen LogP contribution in [0.1, 0.15) is 30.7 Å². The van der Waals surface area contributed by atoms with Crippen LogP contribution in [0.15, 0.2) is 30.3 Å². The number of hydrogen-bond donors (Lipinski definition) is 1. The zero-order valence-electron chi connectivity index (χ0n) is 9.07. The van der Waals surface area contributed by atoms with Crippen LogP contribution in [0.25, 0.3) is 0 Å². The summed E-state index contributed by atoms with van der Waals surface area (Å²) in [6, 6.07) is 10.4. The summed E-state index contributed by atoms with van der Waals surface area (Å²) in [5.74, 6) is 0.796. The minimum atomic E-state index is 0.178. The molecule has 0 spiro atoms. The molecule has 2 rings (SSSR count). The standard InChI is InChI=1S/C13H17NO/c1-14-13(15)12-9-5-8-11(12)10-6-3-2-4-7-10/h2-4,6-7,11-12H,5,8-9H2,1H3,(H,14,15)/t11-,12+/m0/s1. The number of benzene rings is 1. The van der Waals surface area contributed by atoms with Gasteiger partial charge < -0.3 is 5.32 Å². The van der Waals surface area contributed by atoms with Gasteiger partial charge in [-0.3, -0.25) is 4.79 Å². The van der Waals surface area contributed by atoms with E-state index in [4.69, 9.17) is 0 Å². The highest BCUT2D eigenvalue weighted by atomic mass is 16.1. The minimum absolute atomic E-state index is 0.178. The Bertz CT molecular complexity index is 334. The van der Waals surface area contributed by atoms with Gasteiger partial charge in [0.15, 0.2) is 0 Å². The Labute approximate surface area is 90.7 Å². The van der Waals surface area contributed by atoms with Crippen LogP contribution in [0, 0.1) is 5.92 Å². The van der Waals surface area contributed by atoms with Gasteiger partial charge in [0, 0.05) is 13.0 Å². The van der Waals surface area contributed by atoms with E-state index in [0.717, 1.165) is 19.3 Å². The van der Waals surface area contributed by atoms with Crippen molar-refractivity contribution in [2.24, 2.45) is 5.92 Å². The maximum atomic E-state index is 11.7. The first kappa shape index (κ1) is 10.2. The van der Waals surface area contributed by atoms with Crippen molar-refractivity contribution in [2.45, 2.75) is 25.2 Å². The highest BCUT2D eigenvalue weighted by Crippen LogP contribution is 2.39. The number of amides is 1. The van der Waals surface area contributed by atoms with E-state index in [2.05, 4.69) is 29.6 Å². The molecule has 1 saturated carbocycles. The van der Waals surface area contributed by atoms with Crippen molar-refractivity contribution >= 4 is 5.91 Å². The molecule has 1 amide bonds. The van der Waals surface area contributed by atoms with Gasteiger partial charge in [-0.25, -0.2) is 0 Å². The van der Waals surface area contributed by atoms with Gasteiger partial charge in [0.25, 0.3) is 0 Å². The summed E-state index contributed by atoms with van der Waals surface area (Å²) < 4.78 is 0. The topological polar surface area (TPSA) is 29.1 Å².